The molecule has 0 heterocycles. The first-order valence-corrected chi connectivity index (χ1v) is 9.51. The summed E-state index contributed by atoms with van der Waals surface area (Å²) < 4.78 is 4.58. The molecule has 28 heavy (non-hydrogen) atoms. The lowest BCUT2D eigenvalue weighted by molar-refractivity contribution is -0.114. The number of ketones is 1. The van der Waals surface area contributed by atoms with E-state index in [2.05, 4.69) is 20.4 Å². The van der Waals surface area contributed by atoms with Gasteiger partial charge in [-0.15, -0.1) is 0 Å². The van der Waals surface area contributed by atoms with E-state index in [-0.39, 0.29) is 11.7 Å². The molecule has 0 spiro atoms. The summed E-state index contributed by atoms with van der Waals surface area (Å²) in [5, 5.41) is 6.01. The number of carbonyl (C=O) groups is 3. The van der Waals surface area contributed by atoms with E-state index >= 15 is 0 Å². The van der Waals surface area contributed by atoms with E-state index in [0.717, 1.165) is 0 Å². The summed E-state index contributed by atoms with van der Waals surface area (Å²) in [5.41, 5.74) is 1.89. The zero-order valence-electron chi connectivity index (χ0n) is 15.8. The number of benzene rings is 2. The van der Waals surface area contributed by atoms with E-state index in [4.69, 9.17) is 0 Å². The van der Waals surface area contributed by atoms with Gasteiger partial charge < -0.3 is 15.4 Å². The number of thioether (sulfide) groups is 1. The summed E-state index contributed by atoms with van der Waals surface area (Å²) in [6.45, 7) is 3.29. The predicted molar refractivity (Wildman–Crippen MR) is 112 cm³/mol. The monoisotopic (exact) mass is 399 g/mol. The van der Waals surface area contributed by atoms with Crippen LogP contribution in [0.1, 0.15) is 29.8 Å². The third-order valence-corrected chi connectivity index (χ3v) is 4.27. The largest absolute Gasteiger partial charge is 0.451 e. The summed E-state index contributed by atoms with van der Waals surface area (Å²) in [7, 11) is 1.24. The fraction of sp³-hybridized carbons (Fsp3) is 0.200. The van der Waals surface area contributed by atoms with Gasteiger partial charge in [-0.25, -0.2) is 4.79 Å². The number of ether oxygens (including phenoxy) is 1. The highest BCUT2D eigenvalue weighted by Crippen LogP contribution is 2.26. The van der Waals surface area contributed by atoms with Crippen LogP contribution in [0.3, 0.4) is 0 Å². The van der Waals surface area contributed by atoms with Gasteiger partial charge in [0.25, 0.3) is 0 Å². The Morgan fingerprint density at radius 3 is 2.32 bits per heavy atom. The number of anilines is 2. The Morgan fingerprint density at radius 1 is 1.00 bits per heavy atom. The molecule has 0 aliphatic heterocycles. The highest BCUT2D eigenvalue weighted by atomic mass is 32.2. The summed E-state index contributed by atoms with van der Waals surface area (Å²) in [5.74, 6) is 0.230. The molecule has 0 bridgehead atoms. The summed E-state index contributed by atoms with van der Waals surface area (Å²) in [6.07, 6.45) is -0.749. The van der Waals surface area contributed by atoms with Crippen molar-refractivity contribution in [3.8, 4) is 0 Å². The highest BCUT2D eigenvalue weighted by molar-refractivity contribution is 8.14. The van der Waals surface area contributed by atoms with Crippen molar-refractivity contribution in [2.45, 2.75) is 13.8 Å². The van der Waals surface area contributed by atoms with Crippen LogP contribution in [0.2, 0.25) is 0 Å². The maximum Gasteiger partial charge on any atom is 0.435 e. The molecule has 0 unspecified atom stereocenters. The van der Waals surface area contributed by atoms with Crippen molar-refractivity contribution in [2.75, 3.05) is 23.5 Å². The Balaban J connectivity index is 2.43. The van der Waals surface area contributed by atoms with Crippen molar-refractivity contribution in [2.24, 2.45) is 4.99 Å². The summed E-state index contributed by atoms with van der Waals surface area (Å²) in [4.78, 5) is 39.6. The number of rotatable bonds is 5. The maximum atomic E-state index is 12.7. The van der Waals surface area contributed by atoms with Crippen LogP contribution >= 0.6 is 11.8 Å². The van der Waals surface area contributed by atoms with Crippen molar-refractivity contribution >= 4 is 46.1 Å². The second-order valence-corrected chi connectivity index (χ2v) is 6.83. The average molecular weight is 399 g/mol. The number of methoxy groups -OCH3 is 1. The lowest BCUT2D eigenvalue weighted by Gasteiger charge is -2.15. The highest BCUT2D eigenvalue weighted by Gasteiger charge is 2.14. The van der Waals surface area contributed by atoms with Gasteiger partial charge in [-0.05, 0) is 24.0 Å². The molecule has 0 aliphatic rings. The molecule has 2 rings (SSSR count). The number of nitrogens with one attached hydrogen (secondary N) is 2. The smallest absolute Gasteiger partial charge is 0.435 e. The van der Waals surface area contributed by atoms with Crippen LogP contribution in [-0.4, -0.2) is 35.8 Å². The quantitative estimate of drug-likeness (QED) is 0.445. The second-order valence-electron chi connectivity index (χ2n) is 5.58. The standard InChI is InChI=1S/C20H21N3O4S/c1-4-28-19(23-20(26)27-3)22-17-12-15(10-11-16(17)21-13(2)24)18(25)14-8-6-5-7-9-14/h5-12H,4H2,1-3H3,(H,21,24)(H,22,23,26). The average Bonchev–Trinajstić information content (AvgIpc) is 2.69. The molecule has 7 nitrogen and oxygen atoms in total. The minimum atomic E-state index is -0.749. The lowest BCUT2D eigenvalue weighted by Crippen LogP contribution is -2.15. The fourth-order valence-electron chi connectivity index (χ4n) is 2.32. The van der Waals surface area contributed by atoms with Gasteiger partial charge in [0.1, 0.15) is 0 Å². The zero-order chi connectivity index (χ0) is 20.5. The van der Waals surface area contributed by atoms with Crippen molar-refractivity contribution in [1.29, 1.82) is 0 Å². The fourth-order valence-corrected chi connectivity index (χ4v) is 2.92. The Morgan fingerprint density at radius 2 is 1.71 bits per heavy atom. The van der Waals surface area contributed by atoms with Gasteiger partial charge in [-0.2, -0.15) is 4.99 Å². The number of nitrogens with zero attached hydrogens (tertiary/aromatic N) is 1. The van der Waals surface area contributed by atoms with Crippen LogP contribution < -0.4 is 10.6 Å². The van der Waals surface area contributed by atoms with Crippen molar-refractivity contribution in [1.82, 2.24) is 0 Å². The second kappa shape index (κ2) is 10.3. The van der Waals surface area contributed by atoms with Gasteiger partial charge in [-0.1, -0.05) is 49.0 Å². The number of hydrogen-bond acceptors (Lipinski definition) is 5. The third kappa shape index (κ3) is 5.95. The van der Waals surface area contributed by atoms with E-state index in [9.17, 15) is 14.4 Å². The first kappa shape index (κ1) is 21.2. The first-order valence-electron chi connectivity index (χ1n) is 8.52. The molecule has 0 aromatic heterocycles. The number of amidine groups is 1. The van der Waals surface area contributed by atoms with Crippen LogP contribution in [0.4, 0.5) is 16.2 Å². The van der Waals surface area contributed by atoms with E-state index in [1.54, 1.807) is 42.5 Å². The topological polar surface area (TPSA) is 96.9 Å². The van der Waals surface area contributed by atoms with Gasteiger partial charge in [0.15, 0.2) is 11.0 Å². The van der Waals surface area contributed by atoms with Gasteiger partial charge in [-0.3, -0.25) is 9.59 Å². The van der Waals surface area contributed by atoms with Crippen LogP contribution in [0, 0.1) is 0 Å². The number of aliphatic imine (C=N–C) groups is 1. The number of amides is 2. The van der Waals surface area contributed by atoms with Gasteiger partial charge in [0, 0.05) is 18.1 Å². The molecule has 2 aromatic carbocycles. The van der Waals surface area contributed by atoms with Crippen LogP contribution in [0.25, 0.3) is 0 Å². The predicted octanol–water partition coefficient (Wildman–Crippen LogP) is 4.16. The molecule has 0 atom stereocenters. The minimum absolute atomic E-state index is 0.160. The third-order valence-electron chi connectivity index (χ3n) is 3.52. The van der Waals surface area contributed by atoms with Crippen LogP contribution in [-0.2, 0) is 9.53 Å². The Bertz CT molecular complexity index is 898. The van der Waals surface area contributed by atoms with E-state index < -0.39 is 6.09 Å². The number of hydrogen-bond donors (Lipinski definition) is 2. The Labute approximate surface area is 167 Å². The molecule has 0 saturated heterocycles. The molecule has 0 fully saturated rings. The van der Waals surface area contributed by atoms with Crippen LogP contribution in [0.15, 0.2) is 53.5 Å². The first-order chi connectivity index (χ1) is 13.4. The van der Waals surface area contributed by atoms with E-state index in [1.807, 2.05) is 13.0 Å². The lowest BCUT2D eigenvalue weighted by atomic mass is 10.0. The van der Waals surface area contributed by atoms with Gasteiger partial charge in [0.2, 0.25) is 5.91 Å². The molecule has 8 heteroatoms. The molecule has 0 aliphatic carbocycles. The summed E-state index contributed by atoms with van der Waals surface area (Å²) >= 11 is 1.29. The number of carbonyl (C=O) groups excluding carboxylic acids is 3. The maximum absolute atomic E-state index is 12.7. The SMILES string of the molecule is CCS/C(=N\C(=O)OC)Nc1cc(C(=O)c2ccccc2)ccc1NC(C)=O. The van der Waals surface area contributed by atoms with Crippen LogP contribution in [0.5, 0.6) is 0 Å². The molecule has 2 aromatic rings. The normalized spacial score (nSPS) is 10.9. The zero-order valence-corrected chi connectivity index (χ0v) is 16.6. The molecular formula is C20H21N3O4S. The molecule has 0 saturated carbocycles. The minimum Gasteiger partial charge on any atom is -0.451 e. The van der Waals surface area contributed by atoms with Crippen molar-refractivity contribution < 1.29 is 19.1 Å². The van der Waals surface area contributed by atoms with Gasteiger partial charge >= 0.3 is 6.09 Å². The molecule has 0 radical (unpaired) electrons. The molecule has 146 valence electrons. The Hall–Kier alpha value is -3.13. The van der Waals surface area contributed by atoms with E-state index in [1.165, 1.54) is 25.8 Å². The van der Waals surface area contributed by atoms with Crippen molar-refractivity contribution in [3.63, 3.8) is 0 Å². The summed E-state index contributed by atoms with van der Waals surface area (Å²) in [6, 6.07) is 13.8. The van der Waals surface area contributed by atoms with Crippen molar-refractivity contribution in [3.05, 3.63) is 59.7 Å². The Kier molecular flexibility index (Phi) is 7.76. The van der Waals surface area contributed by atoms with Gasteiger partial charge in [0.05, 0.1) is 18.5 Å². The molecule has 2 N–H and O–H groups in total. The van der Waals surface area contributed by atoms with E-state index in [0.29, 0.717) is 33.4 Å². The molecule has 2 amide bonds. The molecular weight excluding hydrogens is 378 g/mol.